The number of Topliss-reactive ketones (excluding diaryl/α,β-unsaturated/α-hetero) is 2. The molecular formula is C37H41N7O5. The number of ketones is 2. The van der Waals surface area contributed by atoms with Gasteiger partial charge in [-0.05, 0) is 94.2 Å². The molecule has 0 radical (unpaired) electrons. The first-order chi connectivity index (χ1) is 23.5. The van der Waals surface area contributed by atoms with Crippen molar-refractivity contribution in [2.75, 3.05) is 13.2 Å². The van der Waals surface area contributed by atoms with Crippen LogP contribution in [-0.4, -0.2) is 78.4 Å². The van der Waals surface area contributed by atoms with Crippen LogP contribution in [-0.2, 0) is 33.7 Å². The molecule has 1 aromatic carbocycles. The summed E-state index contributed by atoms with van der Waals surface area (Å²) in [5.74, 6) is 0.124. The molecule has 4 aromatic rings. The van der Waals surface area contributed by atoms with E-state index in [9.17, 15) is 19.2 Å². The molecule has 3 atom stereocenters. The van der Waals surface area contributed by atoms with Gasteiger partial charge in [0.25, 0.3) is 0 Å². The summed E-state index contributed by atoms with van der Waals surface area (Å²) in [5, 5.41) is 8.32. The fraction of sp³-hybridized carbons (Fsp3) is 0.459. The number of hydrogen-bond donors (Lipinski definition) is 1. The molecule has 7 rings (SSSR count). The average molecular weight is 664 g/mol. The number of pyridine rings is 1. The van der Waals surface area contributed by atoms with E-state index >= 15 is 0 Å². The lowest BCUT2D eigenvalue weighted by Crippen LogP contribution is -2.45. The minimum Gasteiger partial charge on any atom is -0.450 e. The molecule has 1 N–H and O–H groups in total. The topological polar surface area (TPSA) is 149 Å². The van der Waals surface area contributed by atoms with E-state index in [-0.39, 0.29) is 36.5 Å². The van der Waals surface area contributed by atoms with Crippen molar-refractivity contribution in [1.82, 2.24) is 34.9 Å². The molecule has 2 fully saturated rings. The van der Waals surface area contributed by atoms with Gasteiger partial charge >= 0.3 is 6.09 Å². The van der Waals surface area contributed by atoms with E-state index in [1.54, 1.807) is 22.0 Å². The van der Waals surface area contributed by atoms with Crippen molar-refractivity contribution < 1.29 is 23.9 Å². The van der Waals surface area contributed by atoms with Crippen LogP contribution < -0.4 is 5.32 Å². The number of nitrogens with one attached hydrogen (secondary N) is 1. The summed E-state index contributed by atoms with van der Waals surface area (Å²) < 4.78 is 7.15. The zero-order valence-electron chi connectivity index (χ0n) is 28.4. The van der Waals surface area contributed by atoms with Gasteiger partial charge < -0.3 is 15.0 Å². The summed E-state index contributed by atoms with van der Waals surface area (Å²) in [6.45, 7) is 7.61. The second-order valence-corrected chi connectivity index (χ2v) is 13.9. The van der Waals surface area contributed by atoms with Gasteiger partial charge in [-0.2, -0.15) is 5.10 Å². The zero-order valence-corrected chi connectivity index (χ0v) is 28.4. The minimum absolute atomic E-state index is 0.0847. The van der Waals surface area contributed by atoms with E-state index in [2.05, 4.69) is 26.3 Å². The van der Waals surface area contributed by atoms with Crippen molar-refractivity contribution in [1.29, 1.82) is 0 Å². The Morgan fingerprint density at radius 1 is 1.02 bits per heavy atom. The van der Waals surface area contributed by atoms with Crippen LogP contribution in [0.5, 0.6) is 0 Å². The van der Waals surface area contributed by atoms with E-state index < -0.39 is 17.6 Å². The van der Waals surface area contributed by atoms with Gasteiger partial charge in [-0.3, -0.25) is 24.0 Å². The molecule has 12 heteroatoms. The van der Waals surface area contributed by atoms with Crippen molar-refractivity contribution in [3.8, 4) is 11.1 Å². The monoisotopic (exact) mass is 663 g/mol. The number of piperidine rings is 1. The van der Waals surface area contributed by atoms with Gasteiger partial charge in [0, 0.05) is 54.0 Å². The van der Waals surface area contributed by atoms with Crippen LogP contribution >= 0.6 is 0 Å². The number of amides is 2. The number of alkyl carbamates (subject to hydrolysis) is 1. The highest BCUT2D eigenvalue weighted by Gasteiger charge is 2.66. The van der Waals surface area contributed by atoms with Crippen molar-refractivity contribution in [3.63, 3.8) is 0 Å². The molecule has 2 amide bonds. The molecule has 3 aliphatic rings. The Morgan fingerprint density at radius 2 is 1.82 bits per heavy atom. The molecule has 1 aliphatic carbocycles. The average Bonchev–Trinajstić information content (AvgIpc) is 3.48. The van der Waals surface area contributed by atoms with E-state index in [1.165, 1.54) is 6.92 Å². The SMILES string of the molecule is CC(=O)c1nn2c3c(cc(-c4cnc(C)nc4)cc13)CCCCCOC(=O)NC[C@@]13C[C@@H](C(=O)Cc4nc(C)ccc4C)N(C(=O)C2)[C@@H]1C3. The minimum atomic E-state index is -0.675. The third-order valence-electron chi connectivity index (χ3n) is 10.3. The molecule has 2 bridgehead atoms. The fourth-order valence-corrected chi connectivity index (χ4v) is 7.61. The second-order valence-electron chi connectivity index (χ2n) is 13.9. The third-order valence-corrected chi connectivity index (χ3v) is 10.3. The third kappa shape index (κ3) is 6.31. The summed E-state index contributed by atoms with van der Waals surface area (Å²) in [4.78, 5) is 69.2. The van der Waals surface area contributed by atoms with Gasteiger partial charge in [-0.25, -0.2) is 14.8 Å². The molecule has 0 spiro atoms. The van der Waals surface area contributed by atoms with Gasteiger partial charge in [-0.1, -0.05) is 6.07 Å². The maximum Gasteiger partial charge on any atom is 0.407 e. The van der Waals surface area contributed by atoms with E-state index in [1.807, 2.05) is 39.0 Å². The molecule has 2 aliphatic heterocycles. The molecule has 1 saturated carbocycles. The number of ether oxygens (including phenoxy) is 1. The Labute approximate surface area is 284 Å². The summed E-state index contributed by atoms with van der Waals surface area (Å²) in [6.07, 6.45) is 7.23. The maximum atomic E-state index is 14.4. The van der Waals surface area contributed by atoms with Crippen LogP contribution in [0, 0.1) is 26.2 Å². The molecule has 0 unspecified atom stereocenters. The molecule has 5 heterocycles. The van der Waals surface area contributed by atoms with Crippen molar-refractivity contribution >= 4 is 34.5 Å². The quantitative estimate of drug-likeness (QED) is 0.302. The highest BCUT2D eigenvalue weighted by molar-refractivity contribution is 6.07. The van der Waals surface area contributed by atoms with E-state index in [4.69, 9.17) is 9.84 Å². The molecule has 3 aromatic heterocycles. The fourth-order valence-electron chi connectivity index (χ4n) is 7.61. The first-order valence-electron chi connectivity index (χ1n) is 17.0. The van der Waals surface area contributed by atoms with Crippen molar-refractivity contribution in [2.24, 2.45) is 5.41 Å². The predicted octanol–water partition coefficient (Wildman–Crippen LogP) is 4.64. The number of cyclic esters (lactones) is 1. The zero-order chi connectivity index (χ0) is 34.4. The summed E-state index contributed by atoms with van der Waals surface area (Å²) in [7, 11) is 0. The van der Waals surface area contributed by atoms with Crippen LogP contribution in [0.1, 0.15) is 77.9 Å². The second kappa shape index (κ2) is 12.8. The van der Waals surface area contributed by atoms with Crippen LogP contribution in [0.4, 0.5) is 4.79 Å². The van der Waals surface area contributed by atoms with Crippen LogP contribution in [0.15, 0.2) is 36.7 Å². The van der Waals surface area contributed by atoms with Gasteiger partial charge in [0.05, 0.1) is 30.3 Å². The smallest absolute Gasteiger partial charge is 0.407 e. The highest BCUT2D eigenvalue weighted by Crippen LogP contribution is 2.59. The summed E-state index contributed by atoms with van der Waals surface area (Å²) >= 11 is 0. The predicted molar refractivity (Wildman–Crippen MR) is 181 cm³/mol. The number of benzene rings is 1. The van der Waals surface area contributed by atoms with Crippen LogP contribution in [0.2, 0.25) is 0 Å². The Balaban J connectivity index is 1.29. The van der Waals surface area contributed by atoms with Gasteiger partial charge in [0.2, 0.25) is 5.91 Å². The number of rotatable bonds is 5. The maximum absolute atomic E-state index is 14.4. The largest absolute Gasteiger partial charge is 0.450 e. The van der Waals surface area contributed by atoms with Crippen molar-refractivity contribution in [2.45, 2.75) is 91.3 Å². The number of aryl methyl sites for hydroxylation is 4. The molecular weight excluding hydrogens is 622 g/mol. The lowest BCUT2D eigenvalue weighted by molar-refractivity contribution is -0.139. The van der Waals surface area contributed by atoms with Gasteiger partial charge in [0.15, 0.2) is 11.6 Å². The van der Waals surface area contributed by atoms with E-state index in [0.717, 1.165) is 46.3 Å². The molecule has 49 heavy (non-hydrogen) atoms. The number of carbonyl (C=O) groups is 4. The number of hydrogen-bond acceptors (Lipinski definition) is 9. The van der Waals surface area contributed by atoms with Crippen LogP contribution in [0.25, 0.3) is 22.0 Å². The van der Waals surface area contributed by atoms with Crippen LogP contribution in [0.3, 0.4) is 0 Å². The molecule has 12 nitrogen and oxygen atoms in total. The Kier molecular flexibility index (Phi) is 8.50. The lowest BCUT2D eigenvalue weighted by atomic mass is 9.94. The first kappa shape index (κ1) is 32.5. The standard InChI is InChI=1S/C37H41N7O5/c1-21-9-10-22(2)41-29(21)14-31(46)30-15-37-16-32(37)44(30)33(47)19-43-35-25(8-6-5-7-11-49-36(48)40-20-37)12-26(27-17-38-24(4)39-18-27)13-28(35)34(42-43)23(3)45/h9-10,12-13,17-18,30,32H,5-8,11,14-16,19-20H2,1-4H3,(H,40,48)/t30-,32+,37-/m0/s1. The van der Waals surface area contributed by atoms with E-state index in [0.29, 0.717) is 61.4 Å². The Hall–Kier alpha value is -5.00. The normalized spacial score (nSPS) is 22.7. The Morgan fingerprint density at radius 3 is 2.59 bits per heavy atom. The van der Waals surface area contributed by atoms with Gasteiger partial charge in [0.1, 0.15) is 18.1 Å². The molecule has 254 valence electrons. The van der Waals surface area contributed by atoms with Gasteiger partial charge in [-0.15, -0.1) is 0 Å². The van der Waals surface area contributed by atoms with Crippen molar-refractivity contribution in [3.05, 3.63) is 70.7 Å². The number of nitrogens with zero attached hydrogens (tertiary/aromatic N) is 6. The number of aromatic nitrogens is 5. The first-order valence-corrected chi connectivity index (χ1v) is 17.0. The highest BCUT2D eigenvalue weighted by atomic mass is 16.5. The lowest BCUT2D eigenvalue weighted by Gasteiger charge is -2.27. The molecule has 1 saturated heterocycles. The summed E-state index contributed by atoms with van der Waals surface area (Å²) in [5.41, 5.74) is 5.67. The Bertz CT molecular complexity index is 1990. The number of carbonyl (C=O) groups excluding carboxylic acids is 4. The summed E-state index contributed by atoms with van der Waals surface area (Å²) in [6, 6.07) is 6.97.